The molecule has 4 aromatic rings. The fourth-order valence-corrected chi connectivity index (χ4v) is 3.02. The number of nitrogens with one attached hydrogen (secondary N) is 1. The van der Waals surface area contributed by atoms with E-state index in [1.165, 1.54) is 0 Å². The lowest BCUT2D eigenvalue weighted by Gasteiger charge is -2.10. The van der Waals surface area contributed by atoms with Crippen LogP contribution in [0.5, 0.6) is 5.75 Å². The Bertz CT molecular complexity index is 1160. The molecule has 1 aromatic heterocycles. The van der Waals surface area contributed by atoms with Gasteiger partial charge >= 0.3 is 5.97 Å². The molecule has 0 saturated heterocycles. The van der Waals surface area contributed by atoms with Crippen molar-refractivity contribution < 1.29 is 9.53 Å². The Balaban J connectivity index is 1.47. The van der Waals surface area contributed by atoms with E-state index in [1.54, 1.807) is 36.4 Å². The minimum absolute atomic E-state index is 0.437. The van der Waals surface area contributed by atoms with Gasteiger partial charge in [0.15, 0.2) is 0 Å². The second-order valence-electron chi connectivity index (χ2n) is 6.60. The van der Waals surface area contributed by atoms with Gasteiger partial charge in [0.25, 0.3) is 0 Å². The monoisotopic (exact) mass is 415 g/mol. The molecule has 0 aliphatic heterocycles. The third-order valence-corrected chi connectivity index (χ3v) is 4.58. The first-order valence-electron chi connectivity index (χ1n) is 9.33. The van der Waals surface area contributed by atoms with E-state index < -0.39 is 5.97 Å². The van der Waals surface area contributed by atoms with Gasteiger partial charge in [-0.3, -0.25) is 0 Å². The lowest BCUT2D eigenvalue weighted by atomic mass is 10.1. The standard InChI is InChI=1S/C24H18ClN3O2/c1-16-26-22(17-5-3-2-4-6-17)15-23(27-16)28-20-11-13-21(14-12-20)30-24(29)18-7-9-19(25)10-8-18/h2-15H,1H3,(H,26,27,28). The van der Waals surface area contributed by atoms with E-state index in [0.717, 1.165) is 16.9 Å². The number of ether oxygens (including phenoxy) is 1. The molecule has 0 aliphatic rings. The molecule has 30 heavy (non-hydrogen) atoms. The normalized spacial score (nSPS) is 10.5. The highest BCUT2D eigenvalue weighted by atomic mass is 35.5. The van der Waals surface area contributed by atoms with Gasteiger partial charge in [0.05, 0.1) is 11.3 Å². The van der Waals surface area contributed by atoms with Crippen molar-refractivity contribution in [2.45, 2.75) is 6.92 Å². The summed E-state index contributed by atoms with van der Waals surface area (Å²) in [6, 6.07) is 25.5. The zero-order chi connectivity index (χ0) is 20.9. The number of nitrogens with zero attached hydrogens (tertiary/aromatic N) is 2. The van der Waals surface area contributed by atoms with Gasteiger partial charge < -0.3 is 10.1 Å². The van der Waals surface area contributed by atoms with Gasteiger partial charge in [0.1, 0.15) is 17.4 Å². The van der Waals surface area contributed by atoms with Crippen LogP contribution in [0.2, 0.25) is 5.02 Å². The number of hydrogen-bond acceptors (Lipinski definition) is 5. The number of rotatable bonds is 5. The molecule has 1 heterocycles. The van der Waals surface area contributed by atoms with Crippen molar-refractivity contribution in [3.63, 3.8) is 0 Å². The number of anilines is 2. The van der Waals surface area contributed by atoms with Gasteiger partial charge in [-0.05, 0) is 55.5 Å². The molecule has 0 unspecified atom stereocenters. The Morgan fingerprint density at radius 1 is 0.900 bits per heavy atom. The van der Waals surface area contributed by atoms with Gasteiger partial charge in [-0.15, -0.1) is 0 Å². The first-order chi connectivity index (χ1) is 14.6. The highest BCUT2D eigenvalue weighted by Crippen LogP contribution is 2.24. The zero-order valence-corrected chi connectivity index (χ0v) is 16.9. The first-order valence-corrected chi connectivity index (χ1v) is 9.70. The second-order valence-corrected chi connectivity index (χ2v) is 7.03. The maximum atomic E-state index is 12.2. The number of halogens is 1. The summed E-state index contributed by atoms with van der Waals surface area (Å²) in [7, 11) is 0. The predicted molar refractivity (Wildman–Crippen MR) is 118 cm³/mol. The van der Waals surface area contributed by atoms with E-state index in [2.05, 4.69) is 15.3 Å². The Morgan fingerprint density at radius 3 is 2.30 bits per heavy atom. The number of benzene rings is 3. The Hall–Kier alpha value is -3.70. The van der Waals surface area contributed by atoms with Crippen LogP contribution in [0.25, 0.3) is 11.3 Å². The largest absolute Gasteiger partial charge is 0.423 e. The Morgan fingerprint density at radius 2 is 1.60 bits per heavy atom. The summed E-state index contributed by atoms with van der Waals surface area (Å²) in [6.07, 6.45) is 0. The Labute approximate surface area is 179 Å². The summed E-state index contributed by atoms with van der Waals surface area (Å²) in [5.41, 5.74) is 3.12. The van der Waals surface area contributed by atoms with Crippen LogP contribution in [-0.4, -0.2) is 15.9 Å². The van der Waals surface area contributed by atoms with Crippen LogP contribution >= 0.6 is 11.6 Å². The second kappa shape index (κ2) is 8.76. The van der Waals surface area contributed by atoms with Crippen molar-refractivity contribution >= 4 is 29.1 Å². The van der Waals surface area contributed by atoms with E-state index in [0.29, 0.717) is 28.0 Å². The summed E-state index contributed by atoms with van der Waals surface area (Å²) in [4.78, 5) is 21.2. The smallest absolute Gasteiger partial charge is 0.343 e. The highest BCUT2D eigenvalue weighted by Gasteiger charge is 2.09. The first kappa shape index (κ1) is 19.6. The van der Waals surface area contributed by atoms with Gasteiger partial charge in [-0.1, -0.05) is 41.9 Å². The summed E-state index contributed by atoms with van der Waals surface area (Å²) in [5.74, 6) is 1.37. The van der Waals surface area contributed by atoms with Crippen molar-refractivity contribution in [3.8, 4) is 17.0 Å². The molecule has 0 aliphatic carbocycles. The van der Waals surface area contributed by atoms with Crippen molar-refractivity contribution in [2.24, 2.45) is 0 Å². The molecule has 0 radical (unpaired) electrons. The molecule has 148 valence electrons. The van der Waals surface area contributed by atoms with Gasteiger partial charge in [-0.25, -0.2) is 14.8 Å². The van der Waals surface area contributed by atoms with Crippen LogP contribution in [-0.2, 0) is 0 Å². The fraction of sp³-hybridized carbons (Fsp3) is 0.0417. The predicted octanol–water partition coefficient (Wildman–Crippen LogP) is 6.07. The molecule has 0 bridgehead atoms. The minimum Gasteiger partial charge on any atom is -0.423 e. The van der Waals surface area contributed by atoms with E-state index >= 15 is 0 Å². The van der Waals surface area contributed by atoms with E-state index in [9.17, 15) is 4.79 Å². The average Bonchev–Trinajstić information content (AvgIpc) is 2.76. The molecule has 4 rings (SSSR count). The maximum Gasteiger partial charge on any atom is 0.343 e. The summed E-state index contributed by atoms with van der Waals surface area (Å²) in [6.45, 7) is 1.86. The Kier molecular flexibility index (Phi) is 5.72. The molecular weight excluding hydrogens is 398 g/mol. The number of esters is 1. The third-order valence-electron chi connectivity index (χ3n) is 4.32. The van der Waals surface area contributed by atoms with Gasteiger partial charge in [0, 0.05) is 22.3 Å². The van der Waals surface area contributed by atoms with Crippen molar-refractivity contribution in [3.05, 3.63) is 101 Å². The van der Waals surface area contributed by atoms with Crippen molar-refractivity contribution in [1.29, 1.82) is 0 Å². The lowest BCUT2D eigenvalue weighted by molar-refractivity contribution is 0.0735. The number of hydrogen-bond donors (Lipinski definition) is 1. The van der Waals surface area contributed by atoms with E-state index in [1.807, 2.05) is 55.5 Å². The summed E-state index contributed by atoms with van der Waals surface area (Å²) >= 11 is 5.85. The van der Waals surface area contributed by atoms with Crippen LogP contribution in [0.1, 0.15) is 16.2 Å². The van der Waals surface area contributed by atoms with Crippen molar-refractivity contribution in [2.75, 3.05) is 5.32 Å². The molecule has 6 heteroatoms. The van der Waals surface area contributed by atoms with E-state index in [-0.39, 0.29) is 0 Å². The molecule has 0 spiro atoms. The van der Waals surface area contributed by atoms with Crippen molar-refractivity contribution in [1.82, 2.24) is 9.97 Å². The quantitative estimate of drug-likeness (QED) is 0.316. The molecule has 0 amide bonds. The topological polar surface area (TPSA) is 64.1 Å². The fourth-order valence-electron chi connectivity index (χ4n) is 2.89. The highest BCUT2D eigenvalue weighted by molar-refractivity contribution is 6.30. The molecule has 3 aromatic carbocycles. The van der Waals surface area contributed by atoms with Gasteiger partial charge in [0.2, 0.25) is 0 Å². The number of aromatic nitrogens is 2. The molecule has 5 nitrogen and oxygen atoms in total. The SMILES string of the molecule is Cc1nc(Nc2ccc(OC(=O)c3ccc(Cl)cc3)cc2)cc(-c2ccccc2)n1. The zero-order valence-electron chi connectivity index (χ0n) is 16.2. The van der Waals surface area contributed by atoms with Gasteiger partial charge in [-0.2, -0.15) is 0 Å². The molecular formula is C24H18ClN3O2. The van der Waals surface area contributed by atoms with Crippen LogP contribution in [0.4, 0.5) is 11.5 Å². The maximum absolute atomic E-state index is 12.2. The minimum atomic E-state index is -0.439. The van der Waals surface area contributed by atoms with E-state index in [4.69, 9.17) is 16.3 Å². The van der Waals surface area contributed by atoms with Crippen LogP contribution in [0.3, 0.4) is 0 Å². The van der Waals surface area contributed by atoms with Crippen LogP contribution in [0, 0.1) is 6.92 Å². The number of aryl methyl sites for hydroxylation is 1. The molecule has 1 N–H and O–H groups in total. The third kappa shape index (κ3) is 4.82. The van der Waals surface area contributed by atoms with Crippen LogP contribution in [0.15, 0.2) is 84.9 Å². The lowest BCUT2D eigenvalue weighted by Crippen LogP contribution is -2.08. The summed E-state index contributed by atoms with van der Waals surface area (Å²) in [5, 5.41) is 3.83. The molecule has 0 atom stereocenters. The number of carbonyl (C=O) groups excluding carboxylic acids is 1. The molecule has 0 fully saturated rings. The number of carbonyl (C=O) groups is 1. The molecule has 0 saturated carbocycles. The average molecular weight is 416 g/mol. The van der Waals surface area contributed by atoms with Crippen LogP contribution < -0.4 is 10.1 Å². The summed E-state index contributed by atoms with van der Waals surface area (Å²) < 4.78 is 5.41.